The van der Waals surface area contributed by atoms with Crippen molar-refractivity contribution in [2.45, 2.75) is 19.8 Å². The smallest absolute Gasteiger partial charge is 0.317 e. The summed E-state index contributed by atoms with van der Waals surface area (Å²) in [6.45, 7) is 3.77. The molecule has 108 valence electrons. The van der Waals surface area contributed by atoms with Crippen molar-refractivity contribution in [2.24, 2.45) is 0 Å². The van der Waals surface area contributed by atoms with E-state index in [1.54, 1.807) is 7.11 Å². The van der Waals surface area contributed by atoms with Crippen LogP contribution in [0.25, 0.3) is 0 Å². The maximum atomic E-state index is 10.7. The molecule has 0 spiro atoms. The third-order valence-electron chi connectivity index (χ3n) is 2.77. The van der Waals surface area contributed by atoms with Gasteiger partial charge in [-0.15, -0.1) is 12.4 Å². The molecular weight excluding hydrogens is 266 g/mol. The minimum atomic E-state index is -0.766. The third kappa shape index (κ3) is 7.03. The molecule has 0 atom stereocenters. The fourth-order valence-corrected chi connectivity index (χ4v) is 1.86. The molecule has 0 bridgehead atoms. The molecule has 0 aliphatic heterocycles. The molecule has 1 rings (SSSR count). The van der Waals surface area contributed by atoms with Gasteiger partial charge in [0.25, 0.3) is 0 Å². The molecule has 0 aromatic heterocycles. The number of ether oxygens (including phenoxy) is 1. The predicted octanol–water partition coefficient (Wildman–Crippen LogP) is 2.46. The molecule has 1 N–H and O–H groups in total. The topological polar surface area (TPSA) is 49.8 Å². The second-order valence-corrected chi connectivity index (χ2v) is 4.27. The highest BCUT2D eigenvalue weighted by Crippen LogP contribution is 2.12. The number of carboxylic acid groups (broad SMARTS) is 1. The van der Waals surface area contributed by atoms with E-state index in [1.165, 1.54) is 5.56 Å². The lowest BCUT2D eigenvalue weighted by Crippen LogP contribution is -2.32. The van der Waals surface area contributed by atoms with Gasteiger partial charge < -0.3 is 9.84 Å². The van der Waals surface area contributed by atoms with Gasteiger partial charge in [0.05, 0.1) is 13.7 Å². The van der Waals surface area contributed by atoms with E-state index in [4.69, 9.17) is 9.84 Å². The Morgan fingerprint density at radius 2 is 1.89 bits per heavy atom. The van der Waals surface area contributed by atoms with Crippen molar-refractivity contribution in [3.63, 3.8) is 0 Å². The summed E-state index contributed by atoms with van der Waals surface area (Å²) in [5.41, 5.74) is 1.20. The van der Waals surface area contributed by atoms with Crippen molar-refractivity contribution in [1.82, 2.24) is 4.90 Å². The molecule has 1 aromatic rings. The highest BCUT2D eigenvalue weighted by molar-refractivity contribution is 5.85. The van der Waals surface area contributed by atoms with E-state index in [0.717, 1.165) is 31.7 Å². The summed E-state index contributed by atoms with van der Waals surface area (Å²) >= 11 is 0. The largest absolute Gasteiger partial charge is 0.497 e. The number of rotatable bonds is 8. The molecule has 5 heteroatoms. The first kappa shape index (κ1) is 17.7. The average molecular weight is 288 g/mol. The number of hydrogen-bond acceptors (Lipinski definition) is 3. The Bertz CT molecular complexity index is 367. The van der Waals surface area contributed by atoms with E-state index in [2.05, 4.69) is 6.92 Å². The van der Waals surface area contributed by atoms with Gasteiger partial charge in [0, 0.05) is 6.54 Å². The zero-order valence-electron chi connectivity index (χ0n) is 11.5. The van der Waals surface area contributed by atoms with Crippen LogP contribution >= 0.6 is 12.4 Å². The normalized spacial score (nSPS) is 10.1. The van der Waals surface area contributed by atoms with Crippen LogP contribution in [-0.2, 0) is 11.2 Å². The van der Waals surface area contributed by atoms with E-state index in [0.29, 0.717) is 0 Å². The number of carbonyl (C=O) groups is 1. The molecule has 0 saturated carbocycles. The SMILES string of the molecule is CCCN(CCc1ccc(OC)cc1)CC(=O)O.Cl. The van der Waals surface area contributed by atoms with Crippen molar-refractivity contribution in [3.05, 3.63) is 29.8 Å². The van der Waals surface area contributed by atoms with Crippen LogP contribution in [0.15, 0.2) is 24.3 Å². The summed E-state index contributed by atoms with van der Waals surface area (Å²) < 4.78 is 5.10. The first-order valence-electron chi connectivity index (χ1n) is 6.22. The first-order chi connectivity index (χ1) is 8.65. The van der Waals surface area contributed by atoms with E-state index in [1.807, 2.05) is 29.2 Å². The Kier molecular flexibility index (Phi) is 9.00. The molecule has 0 unspecified atom stereocenters. The number of benzene rings is 1. The second-order valence-electron chi connectivity index (χ2n) is 4.27. The maximum absolute atomic E-state index is 10.7. The number of nitrogens with zero attached hydrogens (tertiary/aromatic N) is 1. The summed E-state index contributed by atoms with van der Waals surface area (Å²) in [5, 5.41) is 8.82. The van der Waals surface area contributed by atoms with Gasteiger partial charge in [-0.1, -0.05) is 19.1 Å². The number of hydrogen-bond donors (Lipinski definition) is 1. The van der Waals surface area contributed by atoms with Crippen LogP contribution in [0.1, 0.15) is 18.9 Å². The van der Waals surface area contributed by atoms with E-state index < -0.39 is 5.97 Å². The number of methoxy groups -OCH3 is 1. The third-order valence-corrected chi connectivity index (χ3v) is 2.77. The number of carboxylic acids is 1. The van der Waals surface area contributed by atoms with Gasteiger partial charge >= 0.3 is 5.97 Å². The molecule has 0 saturated heterocycles. The second kappa shape index (κ2) is 9.64. The van der Waals surface area contributed by atoms with Gasteiger partial charge in [-0.25, -0.2) is 0 Å². The van der Waals surface area contributed by atoms with Gasteiger partial charge in [-0.3, -0.25) is 9.69 Å². The van der Waals surface area contributed by atoms with E-state index in [9.17, 15) is 4.79 Å². The van der Waals surface area contributed by atoms with Crippen molar-refractivity contribution in [1.29, 1.82) is 0 Å². The molecular formula is C14H22ClNO3. The minimum Gasteiger partial charge on any atom is -0.497 e. The summed E-state index contributed by atoms with van der Waals surface area (Å²) in [7, 11) is 1.64. The molecule has 0 amide bonds. The molecule has 4 nitrogen and oxygen atoms in total. The molecule has 0 fully saturated rings. The summed E-state index contributed by atoms with van der Waals surface area (Å²) in [4.78, 5) is 12.7. The standard InChI is InChI=1S/C14H21NO3.ClH/c1-3-9-15(11-14(16)17)10-8-12-4-6-13(18-2)7-5-12;/h4-7H,3,8-11H2,1-2H3,(H,16,17);1H. The monoisotopic (exact) mass is 287 g/mol. The van der Waals surface area contributed by atoms with Crippen molar-refractivity contribution >= 4 is 18.4 Å². The van der Waals surface area contributed by atoms with Crippen LogP contribution in [0.2, 0.25) is 0 Å². The van der Waals surface area contributed by atoms with Gasteiger partial charge in [0.1, 0.15) is 5.75 Å². The first-order valence-corrected chi connectivity index (χ1v) is 6.22. The summed E-state index contributed by atoms with van der Waals surface area (Å²) in [5.74, 6) is 0.0767. The van der Waals surface area contributed by atoms with Gasteiger partial charge in [0.2, 0.25) is 0 Å². The Labute approximate surface area is 120 Å². The highest BCUT2D eigenvalue weighted by Gasteiger charge is 2.08. The van der Waals surface area contributed by atoms with Crippen LogP contribution < -0.4 is 4.74 Å². The lowest BCUT2D eigenvalue weighted by molar-refractivity contribution is -0.138. The Hall–Kier alpha value is -1.26. The zero-order valence-corrected chi connectivity index (χ0v) is 12.3. The fourth-order valence-electron chi connectivity index (χ4n) is 1.86. The van der Waals surface area contributed by atoms with Crippen LogP contribution in [-0.4, -0.2) is 42.7 Å². The van der Waals surface area contributed by atoms with Crippen molar-refractivity contribution in [3.8, 4) is 5.75 Å². The molecule has 0 aliphatic carbocycles. The van der Waals surface area contributed by atoms with Crippen molar-refractivity contribution < 1.29 is 14.6 Å². The molecule has 1 aromatic carbocycles. The maximum Gasteiger partial charge on any atom is 0.317 e. The average Bonchev–Trinajstić information content (AvgIpc) is 2.36. The van der Waals surface area contributed by atoms with Crippen LogP contribution in [0.3, 0.4) is 0 Å². The van der Waals surface area contributed by atoms with Crippen LogP contribution in [0.5, 0.6) is 5.75 Å². The number of aliphatic carboxylic acids is 1. The molecule has 0 radical (unpaired) electrons. The van der Waals surface area contributed by atoms with Gasteiger partial charge in [-0.2, -0.15) is 0 Å². The van der Waals surface area contributed by atoms with Crippen LogP contribution in [0.4, 0.5) is 0 Å². The Morgan fingerprint density at radius 3 is 2.37 bits per heavy atom. The lowest BCUT2D eigenvalue weighted by atomic mass is 10.1. The summed E-state index contributed by atoms with van der Waals surface area (Å²) in [6.07, 6.45) is 1.83. The predicted molar refractivity (Wildman–Crippen MR) is 78.3 cm³/mol. The molecule has 19 heavy (non-hydrogen) atoms. The Morgan fingerprint density at radius 1 is 1.26 bits per heavy atom. The number of halogens is 1. The van der Waals surface area contributed by atoms with Gasteiger partial charge in [0.15, 0.2) is 0 Å². The zero-order chi connectivity index (χ0) is 13.4. The van der Waals surface area contributed by atoms with Gasteiger partial charge in [-0.05, 0) is 37.1 Å². The summed E-state index contributed by atoms with van der Waals surface area (Å²) in [6, 6.07) is 7.89. The molecule has 0 heterocycles. The van der Waals surface area contributed by atoms with Crippen LogP contribution in [0, 0.1) is 0 Å². The van der Waals surface area contributed by atoms with Crippen molar-refractivity contribution in [2.75, 3.05) is 26.7 Å². The minimum absolute atomic E-state index is 0. The van der Waals surface area contributed by atoms with E-state index in [-0.39, 0.29) is 19.0 Å². The highest BCUT2D eigenvalue weighted by atomic mass is 35.5. The quantitative estimate of drug-likeness (QED) is 0.798. The fraction of sp³-hybridized carbons (Fsp3) is 0.500. The Balaban J connectivity index is 0.00000324. The lowest BCUT2D eigenvalue weighted by Gasteiger charge is -2.19. The van der Waals surface area contributed by atoms with E-state index >= 15 is 0 Å². The molecule has 0 aliphatic rings.